The average Bonchev–Trinajstić information content (AvgIpc) is 2.38. The molecule has 1 rings (SSSR count). The molecule has 0 atom stereocenters. The molecule has 0 aliphatic carbocycles. The molecule has 0 aliphatic heterocycles. The lowest BCUT2D eigenvalue weighted by Gasteiger charge is -2.15. The third-order valence-corrected chi connectivity index (χ3v) is 2.59. The molecule has 0 heterocycles. The van der Waals surface area contributed by atoms with Gasteiger partial charge in [0.05, 0.1) is 5.69 Å². The van der Waals surface area contributed by atoms with Gasteiger partial charge in [-0.25, -0.2) is 4.39 Å². The topological polar surface area (TPSA) is 39.7 Å². The van der Waals surface area contributed by atoms with Gasteiger partial charge in [0.2, 0.25) is 0 Å². The molecule has 2 N–H and O–H groups in total. The molecule has 0 unspecified atom stereocenters. The minimum Gasteiger partial charge on any atom is -0.375 e. The maximum absolute atomic E-state index is 13.8. The predicted molar refractivity (Wildman–Crippen MR) is 79.1 cm³/mol. The lowest BCUT2D eigenvalue weighted by atomic mass is 10.2. The fourth-order valence-corrected chi connectivity index (χ4v) is 1.60. The molecule has 0 fully saturated rings. The first-order chi connectivity index (χ1) is 9.08. The van der Waals surface area contributed by atoms with E-state index in [4.69, 9.17) is 0 Å². The van der Waals surface area contributed by atoms with Crippen LogP contribution < -0.4 is 15.5 Å². The van der Waals surface area contributed by atoms with Crippen molar-refractivity contribution < 1.29 is 4.39 Å². The number of halogens is 1. The zero-order valence-electron chi connectivity index (χ0n) is 11.7. The van der Waals surface area contributed by atoms with E-state index >= 15 is 0 Å². The van der Waals surface area contributed by atoms with Crippen LogP contribution in [-0.2, 0) is 6.54 Å². The van der Waals surface area contributed by atoms with E-state index in [0.717, 1.165) is 5.56 Å². The van der Waals surface area contributed by atoms with Crippen LogP contribution in [0.25, 0.3) is 0 Å². The Morgan fingerprint density at radius 3 is 2.68 bits per heavy atom. The van der Waals surface area contributed by atoms with Crippen LogP contribution in [0.1, 0.15) is 5.56 Å². The number of benzene rings is 1. The van der Waals surface area contributed by atoms with Crippen molar-refractivity contribution in [2.45, 2.75) is 6.54 Å². The smallest absolute Gasteiger partial charge is 0.191 e. The number of hydrogen-bond acceptors (Lipinski definition) is 2. The van der Waals surface area contributed by atoms with E-state index in [2.05, 4.69) is 22.2 Å². The summed E-state index contributed by atoms with van der Waals surface area (Å²) in [5, 5.41) is 6.16. The van der Waals surface area contributed by atoms with Gasteiger partial charge in [-0.15, -0.1) is 6.58 Å². The number of nitrogens with zero attached hydrogens (tertiary/aromatic N) is 2. The van der Waals surface area contributed by atoms with E-state index in [9.17, 15) is 4.39 Å². The van der Waals surface area contributed by atoms with E-state index in [0.29, 0.717) is 24.7 Å². The van der Waals surface area contributed by atoms with Gasteiger partial charge >= 0.3 is 0 Å². The van der Waals surface area contributed by atoms with Crippen LogP contribution in [-0.4, -0.2) is 33.6 Å². The van der Waals surface area contributed by atoms with Gasteiger partial charge in [0.15, 0.2) is 5.96 Å². The van der Waals surface area contributed by atoms with Gasteiger partial charge in [-0.2, -0.15) is 0 Å². The molecule has 19 heavy (non-hydrogen) atoms. The monoisotopic (exact) mass is 264 g/mol. The molecule has 0 radical (unpaired) electrons. The standard InChI is InChI=1S/C14H21FN4/c1-5-8-17-14(16-2)18-10-11-6-7-13(19(3)4)12(15)9-11/h5-7,9H,1,8,10H2,2-4H3,(H2,16,17,18). The van der Waals surface area contributed by atoms with Crippen LogP contribution in [0.5, 0.6) is 0 Å². The molecule has 0 amide bonds. The van der Waals surface area contributed by atoms with Gasteiger partial charge in [0, 0.05) is 34.2 Å². The second kappa shape index (κ2) is 7.41. The van der Waals surface area contributed by atoms with Crippen molar-refractivity contribution >= 4 is 11.6 Å². The Morgan fingerprint density at radius 2 is 2.16 bits per heavy atom. The van der Waals surface area contributed by atoms with Gasteiger partial charge in [-0.3, -0.25) is 4.99 Å². The second-order valence-corrected chi connectivity index (χ2v) is 4.28. The summed E-state index contributed by atoms with van der Waals surface area (Å²) in [6, 6.07) is 5.20. The van der Waals surface area contributed by atoms with Crippen LogP contribution in [0, 0.1) is 5.82 Å². The molecular formula is C14H21FN4. The van der Waals surface area contributed by atoms with E-state index in [1.807, 2.05) is 20.2 Å². The first-order valence-corrected chi connectivity index (χ1v) is 6.09. The van der Waals surface area contributed by atoms with Gasteiger partial charge < -0.3 is 15.5 Å². The van der Waals surface area contributed by atoms with Gasteiger partial charge in [0.25, 0.3) is 0 Å². The normalized spacial score (nSPS) is 11.1. The Kier molecular flexibility index (Phi) is 5.85. The Bertz CT molecular complexity index is 455. The minimum atomic E-state index is -0.224. The van der Waals surface area contributed by atoms with E-state index in [1.54, 1.807) is 24.1 Å². The first-order valence-electron chi connectivity index (χ1n) is 6.09. The van der Waals surface area contributed by atoms with Crippen LogP contribution in [0.3, 0.4) is 0 Å². The molecule has 4 nitrogen and oxygen atoms in total. The quantitative estimate of drug-likeness (QED) is 0.483. The molecule has 0 saturated heterocycles. The number of aliphatic imine (C=N–C) groups is 1. The maximum Gasteiger partial charge on any atom is 0.191 e. The Morgan fingerprint density at radius 1 is 1.42 bits per heavy atom. The zero-order chi connectivity index (χ0) is 14.3. The summed E-state index contributed by atoms with van der Waals surface area (Å²) >= 11 is 0. The van der Waals surface area contributed by atoms with Crippen LogP contribution in [0.2, 0.25) is 0 Å². The van der Waals surface area contributed by atoms with Gasteiger partial charge in [0.1, 0.15) is 5.82 Å². The summed E-state index contributed by atoms with van der Waals surface area (Å²) in [5.41, 5.74) is 1.45. The summed E-state index contributed by atoms with van der Waals surface area (Å²) in [6.45, 7) is 4.77. The molecule has 5 heteroatoms. The van der Waals surface area contributed by atoms with Gasteiger partial charge in [-0.1, -0.05) is 12.1 Å². The predicted octanol–water partition coefficient (Wildman–Crippen LogP) is 1.74. The molecule has 1 aromatic carbocycles. The van der Waals surface area contributed by atoms with Crippen molar-refractivity contribution in [2.24, 2.45) is 4.99 Å². The molecule has 0 bridgehead atoms. The second-order valence-electron chi connectivity index (χ2n) is 4.28. The third kappa shape index (κ3) is 4.62. The molecule has 0 spiro atoms. The zero-order valence-corrected chi connectivity index (χ0v) is 11.7. The third-order valence-electron chi connectivity index (χ3n) is 2.59. The minimum absolute atomic E-state index is 0.224. The van der Waals surface area contributed by atoms with E-state index in [1.165, 1.54) is 6.07 Å². The number of rotatable bonds is 5. The fraction of sp³-hybridized carbons (Fsp3) is 0.357. The Hall–Kier alpha value is -2.04. The number of hydrogen-bond donors (Lipinski definition) is 2. The highest BCUT2D eigenvalue weighted by molar-refractivity contribution is 5.79. The van der Waals surface area contributed by atoms with E-state index in [-0.39, 0.29) is 5.82 Å². The summed E-state index contributed by atoms with van der Waals surface area (Å²) in [4.78, 5) is 5.80. The molecule has 0 aromatic heterocycles. The van der Waals surface area contributed by atoms with Crippen molar-refractivity contribution in [1.82, 2.24) is 10.6 Å². The summed E-state index contributed by atoms with van der Waals surface area (Å²) in [5.74, 6) is 0.440. The number of guanidine groups is 1. The Balaban J connectivity index is 2.63. The van der Waals surface area contributed by atoms with Crippen LogP contribution in [0.15, 0.2) is 35.8 Å². The van der Waals surface area contributed by atoms with Crippen molar-refractivity contribution in [3.8, 4) is 0 Å². The Labute approximate surface area is 114 Å². The highest BCUT2D eigenvalue weighted by Gasteiger charge is 2.05. The highest BCUT2D eigenvalue weighted by atomic mass is 19.1. The molecule has 104 valence electrons. The van der Waals surface area contributed by atoms with Crippen LogP contribution >= 0.6 is 0 Å². The number of nitrogens with one attached hydrogen (secondary N) is 2. The molecular weight excluding hydrogens is 243 g/mol. The molecule has 0 aliphatic rings. The van der Waals surface area contributed by atoms with Crippen molar-refractivity contribution in [3.63, 3.8) is 0 Å². The lowest BCUT2D eigenvalue weighted by Crippen LogP contribution is -2.36. The average molecular weight is 264 g/mol. The SMILES string of the molecule is C=CCNC(=NC)NCc1ccc(N(C)C)c(F)c1. The van der Waals surface area contributed by atoms with Crippen molar-refractivity contribution in [3.05, 3.63) is 42.2 Å². The summed E-state index contributed by atoms with van der Waals surface area (Å²) < 4.78 is 13.8. The summed E-state index contributed by atoms with van der Waals surface area (Å²) in [6.07, 6.45) is 1.75. The van der Waals surface area contributed by atoms with Crippen molar-refractivity contribution in [2.75, 3.05) is 32.6 Å². The highest BCUT2D eigenvalue weighted by Crippen LogP contribution is 2.17. The largest absolute Gasteiger partial charge is 0.375 e. The van der Waals surface area contributed by atoms with Crippen molar-refractivity contribution in [1.29, 1.82) is 0 Å². The summed E-state index contributed by atoms with van der Waals surface area (Å²) in [7, 11) is 5.32. The number of anilines is 1. The lowest BCUT2D eigenvalue weighted by molar-refractivity contribution is 0.623. The van der Waals surface area contributed by atoms with Crippen LogP contribution in [0.4, 0.5) is 10.1 Å². The van der Waals surface area contributed by atoms with Gasteiger partial charge in [-0.05, 0) is 17.7 Å². The first kappa shape index (κ1) is 15.0. The maximum atomic E-state index is 13.8. The molecule has 1 aromatic rings. The van der Waals surface area contributed by atoms with E-state index < -0.39 is 0 Å². The fourth-order valence-electron chi connectivity index (χ4n) is 1.60. The molecule has 0 saturated carbocycles.